The molecule has 1 aliphatic rings. The van der Waals surface area contributed by atoms with Crippen LogP contribution >= 0.6 is 24.0 Å². The van der Waals surface area contributed by atoms with E-state index in [9.17, 15) is 4.79 Å². The van der Waals surface area contributed by atoms with E-state index in [1.54, 1.807) is 11.8 Å². The van der Waals surface area contributed by atoms with Gasteiger partial charge < -0.3 is 5.73 Å². The van der Waals surface area contributed by atoms with Gasteiger partial charge in [0.1, 0.15) is 0 Å². The fourth-order valence-corrected chi connectivity index (χ4v) is 7.26. The highest BCUT2D eigenvalue weighted by Crippen LogP contribution is 2.46. The molecular formula is C38H25NOS2. The summed E-state index contributed by atoms with van der Waals surface area (Å²) in [6.45, 7) is 0. The molecule has 2 N–H and O–H groups in total. The highest BCUT2D eigenvalue weighted by Gasteiger charge is 2.36. The van der Waals surface area contributed by atoms with Crippen LogP contribution in [0.1, 0.15) is 27.0 Å². The molecular weight excluding hydrogens is 551 g/mol. The maximum absolute atomic E-state index is 15.0. The summed E-state index contributed by atoms with van der Waals surface area (Å²) in [5.41, 5.74) is 15.5. The van der Waals surface area contributed by atoms with Crippen molar-refractivity contribution in [3.63, 3.8) is 0 Å². The van der Waals surface area contributed by atoms with Gasteiger partial charge in [-0.15, -0.1) is 0 Å². The maximum atomic E-state index is 15.0. The summed E-state index contributed by atoms with van der Waals surface area (Å²) >= 11 is 8.00. The molecule has 0 saturated carbocycles. The molecule has 6 aromatic rings. The lowest BCUT2D eigenvalue weighted by Crippen LogP contribution is -2.24. The second kappa shape index (κ2) is 10.9. The van der Waals surface area contributed by atoms with Gasteiger partial charge in [0.2, 0.25) is 0 Å². The van der Waals surface area contributed by atoms with Crippen molar-refractivity contribution in [3.05, 3.63) is 162 Å². The first kappa shape index (κ1) is 26.1. The zero-order valence-electron chi connectivity index (χ0n) is 22.6. The lowest BCUT2D eigenvalue weighted by Gasteiger charge is -2.28. The second-order valence-electron chi connectivity index (χ2n) is 10.2. The average Bonchev–Trinajstić information content (AvgIpc) is 3.04. The number of anilines is 1. The van der Waals surface area contributed by atoms with Crippen LogP contribution in [0.2, 0.25) is 0 Å². The normalized spacial score (nSPS) is 12.1. The van der Waals surface area contributed by atoms with Crippen LogP contribution in [0, 0.1) is 0 Å². The summed E-state index contributed by atoms with van der Waals surface area (Å²) < 4.78 is 0. The van der Waals surface area contributed by atoms with Crippen LogP contribution in [0.4, 0.5) is 5.69 Å². The van der Waals surface area contributed by atoms with E-state index in [4.69, 9.17) is 18.0 Å². The number of nitrogens with two attached hydrogens (primary N) is 1. The van der Waals surface area contributed by atoms with Crippen molar-refractivity contribution >= 4 is 40.3 Å². The molecule has 0 bridgehead atoms. The molecule has 200 valence electrons. The molecule has 0 spiro atoms. The molecule has 0 heterocycles. The number of thiocarbonyl (C=S) groups is 1. The van der Waals surface area contributed by atoms with Crippen molar-refractivity contribution in [2.24, 2.45) is 0 Å². The number of benzene rings is 6. The Kier molecular flexibility index (Phi) is 6.79. The van der Waals surface area contributed by atoms with Crippen LogP contribution in [-0.4, -0.2) is 10.6 Å². The third-order valence-corrected chi connectivity index (χ3v) is 9.08. The molecule has 0 fully saturated rings. The van der Waals surface area contributed by atoms with E-state index in [0.717, 1.165) is 54.3 Å². The fraction of sp³-hybridized carbons (Fsp3) is 0. The van der Waals surface area contributed by atoms with Crippen LogP contribution in [0.15, 0.2) is 149 Å². The number of nitrogen functional groups attached to an aromatic ring is 1. The summed E-state index contributed by atoms with van der Waals surface area (Å²) in [5, 5.41) is 0. The molecule has 0 saturated heterocycles. The van der Waals surface area contributed by atoms with E-state index < -0.39 is 0 Å². The minimum Gasteiger partial charge on any atom is -0.399 e. The van der Waals surface area contributed by atoms with Crippen molar-refractivity contribution < 1.29 is 4.79 Å². The van der Waals surface area contributed by atoms with E-state index >= 15 is 0 Å². The van der Waals surface area contributed by atoms with Gasteiger partial charge in [-0.25, -0.2) is 0 Å². The third kappa shape index (κ3) is 4.55. The Morgan fingerprint density at radius 1 is 0.500 bits per heavy atom. The first-order chi connectivity index (χ1) is 20.6. The average molecular weight is 576 g/mol. The molecule has 0 aliphatic heterocycles. The second-order valence-corrected chi connectivity index (χ2v) is 11.7. The highest BCUT2D eigenvalue weighted by molar-refractivity contribution is 7.99. The summed E-state index contributed by atoms with van der Waals surface area (Å²) in [4.78, 5) is 17.6. The Morgan fingerprint density at radius 2 is 0.976 bits per heavy atom. The van der Waals surface area contributed by atoms with Gasteiger partial charge in [-0.3, -0.25) is 4.79 Å². The monoisotopic (exact) mass is 575 g/mol. The molecule has 2 nitrogen and oxygen atoms in total. The van der Waals surface area contributed by atoms with Gasteiger partial charge in [0.05, 0.1) is 4.86 Å². The molecule has 0 radical (unpaired) electrons. The van der Waals surface area contributed by atoms with E-state index in [1.807, 2.05) is 103 Å². The zero-order chi connectivity index (χ0) is 28.6. The van der Waals surface area contributed by atoms with Crippen molar-refractivity contribution in [3.8, 4) is 33.4 Å². The number of hydrogen-bond donors (Lipinski definition) is 1. The molecule has 6 aromatic carbocycles. The zero-order valence-corrected chi connectivity index (χ0v) is 24.2. The highest BCUT2D eigenvalue weighted by atomic mass is 32.2. The van der Waals surface area contributed by atoms with Gasteiger partial charge in [0.25, 0.3) is 0 Å². The minimum absolute atomic E-state index is 0.0147. The fourth-order valence-electron chi connectivity index (χ4n) is 5.73. The standard InChI is InChI=1S/C38H25NOS2/c39-27-17-10-18-28(23-27)42-32-22-21-30(25-13-6-2-7-14-25)34-36(32)38(41)35-31(26-15-8-3-9-16-26)20-19-29(33(35)37(34)40)24-11-4-1-5-12-24/h1-23H,39H2. The van der Waals surface area contributed by atoms with Gasteiger partial charge in [0, 0.05) is 37.7 Å². The molecule has 4 heteroatoms. The molecule has 0 atom stereocenters. The van der Waals surface area contributed by atoms with Gasteiger partial charge in [0.15, 0.2) is 5.78 Å². The predicted octanol–water partition coefficient (Wildman–Crippen LogP) is 9.73. The third-order valence-electron chi connectivity index (χ3n) is 7.62. The number of ketones is 1. The Morgan fingerprint density at radius 3 is 1.50 bits per heavy atom. The van der Waals surface area contributed by atoms with Crippen molar-refractivity contribution in [1.82, 2.24) is 0 Å². The lowest BCUT2D eigenvalue weighted by atomic mass is 9.75. The first-order valence-corrected chi connectivity index (χ1v) is 15.0. The summed E-state index contributed by atoms with van der Waals surface area (Å²) in [5.74, 6) is -0.0147. The van der Waals surface area contributed by atoms with E-state index in [0.29, 0.717) is 21.7 Å². The molecule has 0 aromatic heterocycles. The van der Waals surface area contributed by atoms with Crippen molar-refractivity contribution in [2.45, 2.75) is 9.79 Å². The van der Waals surface area contributed by atoms with Crippen LogP contribution in [-0.2, 0) is 0 Å². The van der Waals surface area contributed by atoms with Crippen molar-refractivity contribution in [2.75, 3.05) is 5.73 Å². The number of hydrogen-bond acceptors (Lipinski definition) is 4. The van der Waals surface area contributed by atoms with Crippen molar-refractivity contribution in [1.29, 1.82) is 0 Å². The first-order valence-electron chi connectivity index (χ1n) is 13.7. The lowest BCUT2D eigenvalue weighted by molar-refractivity contribution is 0.103. The topological polar surface area (TPSA) is 43.1 Å². The van der Waals surface area contributed by atoms with Gasteiger partial charge in [-0.05, 0) is 57.6 Å². The largest absolute Gasteiger partial charge is 0.399 e. The number of carbonyl (C=O) groups is 1. The summed E-state index contributed by atoms with van der Waals surface area (Å²) in [6.07, 6.45) is 0. The van der Waals surface area contributed by atoms with E-state index in [-0.39, 0.29) is 5.78 Å². The van der Waals surface area contributed by atoms with Gasteiger partial charge in [-0.1, -0.05) is 139 Å². The van der Waals surface area contributed by atoms with Gasteiger partial charge >= 0.3 is 0 Å². The Balaban J connectivity index is 1.54. The van der Waals surface area contributed by atoms with Crippen LogP contribution in [0.3, 0.4) is 0 Å². The molecule has 7 rings (SSSR count). The quantitative estimate of drug-likeness (QED) is 0.164. The summed E-state index contributed by atoms with van der Waals surface area (Å²) in [7, 11) is 0. The smallest absolute Gasteiger partial charge is 0.195 e. The minimum atomic E-state index is -0.0147. The van der Waals surface area contributed by atoms with Gasteiger partial charge in [-0.2, -0.15) is 0 Å². The Labute approximate surface area is 254 Å². The molecule has 42 heavy (non-hydrogen) atoms. The number of carbonyl (C=O) groups excluding carboxylic acids is 1. The van der Waals surface area contributed by atoms with Crippen LogP contribution < -0.4 is 5.73 Å². The predicted molar refractivity (Wildman–Crippen MR) is 178 cm³/mol. The Bertz CT molecular complexity index is 1980. The van der Waals surface area contributed by atoms with Crippen LogP contribution in [0.5, 0.6) is 0 Å². The van der Waals surface area contributed by atoms with E-state index in [2.05, 4.69) is 36.4 Å². The SMILES string of the molecule is Nc1cccc(Sc2ccc(-c3ccccc3)c3c2C(=S)c2c(-c4ccccc4)ccc(-c4ccccc4)c2C3=O)c1. The van der Waals surface area contributed by atoms with E-state index in [1.165, 1.54) is 0 Å². The number of fused-ring (bicyclic) bond motifs is 2. The molecule has 1 aliphatic carbocycles. The Hall–Kier alpha value is -4.77. The molecule has 0 unspecified atom stereocenters. The molecule has 0 amide bonds. The summed E-state index contributed by atoms with van der Waals surface area (Å²) in [6, 6.07) is 46.5. The maximum Gasteiger partial charge on any atom is 0.195 e. The number of rotatable bonds is 5. The van der Waals surface area contributed by atoms with Crippen LogP contribution in [0.25, 0.3) is 33.4 Å².